The molecule has 2 aliphatic rings. The van der Waals surface area contributed by atoms with E-state index in [1.54, 1.807) is 17.0 Å². The van der Waals surface area contributed by atoms with Crippen LogP contribution in [0.4, 0.5) is 5.69 Å². The van der Waals surface area contributed by atoms with Crippen LogP contribution in [0.15, 0.2) is 18.2 Å². The Hall–Kier alpha value is -2.28. The molecule has 0 bridgehead atoms. The van der Waals surface area contributed by atoms with Gasteiger partial charge in [-0.3, -0.25) is 9.59 Å². The molecule has 2 aliphatic heterocycles. The van der Waals surface area contributed by atoms with E-state index >= 15 is 0 Å². The zero-order valence-corrected chi connectivity index (χ0v) is 15.3. The molecule has 1 N–H and O–H groups in total. The summed E-state index contributed by atoms with van der Waals surface area (Å²) in [5, 5.41) is 2.90. The lowest BCUT2D eigenvalue weighted by Gasteiger charge is -2.22. The normalized spacial score (nSPS) is 19.1. The summed E-state index contributed by atoms with van der Waals surface area (Å²) in [6.45, 7) is 6.54. The summed E-state index contributed by atoms with van der Waals surface area (Å²) < 4.78 is 16.5. The number of carbonyl (C=O) groups is 2. The molecule has 0 spiro atoms. The summed E-state index contributed by atoms with van der Waals surface area (Å²) in [6, 6.07) is 5.43. The molecule has 142 valence electrons. The van der Waals surface area contributed by atoms with Crippen molar-refractivity contribution in [2.75, 3.05) is 37.8 Å². The number of ether oxygens (including phenoxy) is 3. The predicted molar refractivity (Wildman–Crippen MR) is 96.6 cm³/mol. The van der Waals surface area contributed by atoms with Gasteiger partial charge in [-0.05, 0) is 32.4 Å². The molecule has 1 aromatic rings. The van der Waals surface area contributed by atoms with Crippen LogP contribution in [0, 0.1) is 5.92 Å². The first-order chi connectivity index (χ1) is 12.5. The lowest BCUT2D eigenvalue weighted by Crippen LogP contribution is -2.34. The molecule has 0 aliphatic carbocycles. The van der Waals surface area contributed by atoms with Gasteiger partial charge in [-0.15, -0.1) is 0 Å². The number of carbonyl (C=O) groups excluding carboxylic acids is 2. The smallest absolute Gasteiger partial charge is 0.227 e. The summed E-state index contributed by atoms with van der Waals surface area (Å²) >= 11 is 0. The van der Waals surface area contributed by atoms with Crippen molar-refractivity contribution in [2.24, 2.45) is 5.92 Å². The second kappa shape index (κ2) is 8.40. The lowest BCUT2D eigenvalue weighted by molar-refractivity contribution is -0.126. The van der Waals surface area contributed by atoms with Gasteiger partial charge in [0.15, 0.2) is 11.5 Å². The summed E-state index contributed by atoms with van der Waals surface area (Å²) in [5.41, 5.74) is 0.736. The number of nitrogens with zero attached hydrogens (tertiary/aromatic N) is 1. The average Bonchev–Trinajstić information content (AvgIpc) is 3.02. The van der Waals surface area contributed by atoms with Gasteiger partial charge in [0.1, 0.15) is 13.2 Å². The Balaban J connectivity index is 1.52. The molecule has 1 fully saturated rings. The molecule has 0 saturated carbocycles. The van der Waals surface area contributed by atoms with Crippen molar-refractivity contribution in [2.45, 2.75) is 32.8 Å². The SMILES string of the molecule is CC(C)OCCCNC(=O)[C@@H]1CC(=O)N(c2ccc3c(c2)OCCO3)C1. The van der Waals surface area contributed by atoms with Gasteiger partial charge in [-0.25, -0.2) is 0 Å². The minimum Gasteiger partial charge on any atom is -0.486 e. The van der Waals surface area contributed by atoms with Gasteiger partial charge in [0.05, 0.1) is 12.0 Å². The Bertz CT molecular complexity index is 661. The van der Waals surface area contributed by atoms with E-state index in [-0.39, 0.29) is 30.3 Å². The molecule has 0 radical (unpaired) electrons. The van der Waals surface area contributed by atoms with Gasteiger partial charge >= 0.3 is 0 Å². The van der Waals surface area contributed by atoms with Crippen molar-refractivity contribution in [3.05, 3.63) is 18.2 Å². The monoisotopic (exact) mass is 362 g/mol. The van der Waals surface area contributed by atoms with E-state index in [0.717, 1.165) is 12.1 Å². The zero-order valence-electron chi connectivity index (χ0n) is 15.3. The van der Waals surface area contributed by atoms with E-state index in [1.165, 1.54) is 0 Å². The summed E-state index contributed by atoms with van der Waals surface area (Å²) in [4.78, 5) is 26.3. The van der Waals surface area contributed by atoms with Crippen molar-refractivity contribution >= 4 is 17.5 Å². The number of nitrogens with one attached hydrogen (secondary N) is 1. The van der Waals surface area contributed by atoms with Gasteiger partial charge < -0.3 is 24.4 Å². The molecule has 1 aromatic carbocycles. The fraction of sp³-hybridized carbons (Fsp3) is 0.579. The van der Waals surface area contributed by atoms with E-state index in [0.29, 0.717) is 44.4 Å². The summed E-state index contributed by atoms with van der Waals surface area (Å²) in [5.74, 6) is 0.860. The fourth-order valence-electron chi connectivity index (χ4n) is 3.08. The molecular weight excluding hydrogens is 336 g/mol. The molecular formula is C19H26N2O5. The van der Waals surface area contributed by atoms with Crippen molar-refractivity contribution < 1.29 is 23.8 Å². The van der Waals surface area contributed by atoms with Crippen molar-refractivity contribution in [3.8, 4) is 11.5 Å². The quantitative estimate of drug-likeness (QED) is 0.748. The molecule has 1 atom stereocenters. The Labute approximate surface area is 153 Å². The number of amides is 2. The first kappa shape index (κ1) is 18.5. The average molecular weight is 362 g/mol. The van der Waals surface area contributed by atoms with Crippen molar-refractivity contribution in [1.29, 1.82) is 0 Å². The Morgan fingerprint density at radius 2 is 2.08 bits per heavy atom. The van der Waals surface area contributed by atoms with Crippen LogP contribution in [0.2, 0.25) is 0 Å². The van der Waals surface area contributed by atoms with Crippen LogP contribution in [-0.4, -0.2) is 50.8 Å². The van der Waals surface area contributed by atoms with Crippen LogP contribution in [-0.2, 0) is 14.3 Å². The minimum absolute atomic E-state index is 0.0510. The molecule has 0 unspecified atom stereocenters. The van der Waals surface area contributed by atoms with Crippen LogP contribution in [0.3, 0.4) is 0 Å². The minimum atomic E-state index is -0.332. The first-order valence-corrected chi connectivity index (χ1v) is 9.14. The highest BCUT2D eigenvalue weighted by molar-refractivity contribution is 6.00. The molecule has 7 heteroatoms. The molecule has 2 heterocycles. The van der Waals surface area contributed by atoms with Gasteiger partial charge in [-0.1, -0.05) is 0 Å². The van der Waals surface area contributed by atoms with Gasteiger partial charge in [0, 0.05) is 37.9 Å². The van der Waals surface area contributed by atoms with Crippen LogP contribution in [0.25, 0.3) is 0 Å². The van der Waals surface area contributed by atoms with E-state index in [4.69, 9.17) is 14.2 Å². The van der Waals surface area contributed by atoms with Gasteiger partial charge in [-0.2, -0.15) is 0 Å². The predicted octanol–water partition coefficient (Wildman–Crippen LogP) is 1.74. The molecule has 26 heavy (non-hydrogen) atoms. The van der Waals surface area contributed by atoms with E-state index in [2.05, 4.69) is 5.32 Å². The van der Waals surface area contributed by atoms with E-state index in [9.17, 15) is 9.59 Å². The van der Waals surface area contributed by atoms with Crippen LogP contribution in [0.5, 0.6) is 11.5 Å². The highest BCUT2D eigenvalue weighted by Gasteiger charge is 2.35. The Morgan fingerprint density at radius 1 is 1.31 bits per heavy atom. The number of rotatable bonds is 7. The largest absolute Gasteiger partial charge is 0.486 e. The maximum absolute atomic E-state index is 12.4. The number of hydrogen-bond acceptors (Lipinski definition) is 5. The lowest BCUT2D eigenvalue weighted by atomic mass is 10.1. The topological polar surface area (TPSA) is 77.1 Å². The molecule has 2 amide bonds. The van der Waals surface area contributed by atoms with Crippen molar-refractivity contribution in [1.82, 2.24) is 5.32 Å². The summed E-state index contributed by atoms with van der Waals surface area (Å²) in [7, 11) is 0. The standard InChI is InChI=1S/C19H26N2O5/c1-13(2)24-7-3-6-20-19(23)14-10-18(22)21(12-14)15-4-5-16-17(11-15)26-9-8-25-16/h4-5,11,13-14H,3,6-10,12H2,1-2H3,(H,20,23)/t14-/m1/s1. The molecule has 3 rings (SSSR count). The summed E-state index contributed by atoms with van der Waals surface area (Å²) in [6.07, 6.45) is 1.18. The number of hydrogen-bond donors (Lipinski definition) is 1. The number of fused-ring (bicyclic) bond motifs is 1. The first-order valence-electron chi connectivity index (χ1n) is 9.14. The highest BCUT2D eigenvalue weighted by Crippen LogP contribution is 2.35. The third-order valence-corrected chi connectivity index (χ3v) is 4.40. The van der Waals surface area contributed by atoms with Crippen LogP contribution in [0.1, 0.15) is 26.7 Å². The van der Waals surface area contributed by atoms with E-state index in [1.807, 2.05) is 19.9 Å². The van der Waals surface area contributed by atoms with Crippen LogP contribution < -0.4 is 19.7 Å². The zero-order chi connectivity index (χ0) is 18.5. The Kier molecular flexibility index (Phi) is 5.98. The molecule has 0 aromatic heterocycles. The third-order valence-electron chi connectivity index (χ3n) is 4.40. The van der Waals surface area contributed by atoms with E-state index < -0.39 is 0 Å². The van der Waals surface area contributed by atoms with Crippen LogP contribution >= 0.6 is 0 Å². The van der Waals surface area contributed by atoms with Crippen molar-refractivity contribution in [3.63, 3.8) is 0 Å². The molecule has 1 saturated heterocycles. The fourth-order valence-corrected chi connectivity index (χ4v) is 3.08. The Morgan fingerprint density at radius 3 is 2.85 bits per heavy atom. The number of anilines is 1. The third kappa shape index (κ3) is 4.46. The molecule has 7 nitrogen and oxygen atoms in total. The van der Waals surface area contributed by atoms with Gasteiger partial charge in [0.25, 0.3) is 0 Å². The maximum atomic E-state index is 12.4. The second-order valence-corrected chi connectivity index (χ2v) is 6.80. The maximum Gasteiger partial charge on any atom is 0.227 e. The second-order valence-electron chi connectivity index (χ2n) is 6.80. The highest BCUT2D eigenvalue weighted by atomic mass is 16.6. The van der Waals surface area contributed by atoms with Gasteiger partial charge in [0.2, 0.25) is 11.8 Å². The number of benzene rings is 1.